The summed E-state index contributed by atoms with van der Waals surface area (Å²) < 4.78 is 0. The van der Waals surface area contributed by atoms with Gasteiger partial charge in [-0.05, 0) is 18.2 Å². The molecule has 4 nitrogen and oxygen atoms in total. The van der Waals surface area contributed by atoms with E-state index in [1.165, 1.54) is 12.1 Å². The van der Waals surface area contributed by atoms with Crippen LogP contribution in [0.4, 0.5) is 5.69 Å². The quantitative estimate of drug-likeness (QED) is 0.363. The number of amides is 1. The summed E-state index contributed by atoms with van der Waals surface area (Å²) in [5.74, 6) is -0.662. The molecule has 0 saturated carbocycles. The number of benzene rings is 1. The van der Waals surface area contributed by atoms with Crippen LogP contribution in [0, 0.1) is 0 Å². The van der Waals surface area contributed by atoms with Gasteiger partial charge < -0.3 is 15.5 Å². The van der Waals surface area contributed by atoms with Crippen molar-refractivity contribution in [2.75, 3.05) is 5.32 Å². The van der Waals surface area contributed by atoms with Crippen molar-refractivity contribution in [3.63, 3.8) is 0 Å². The van der Waals surface area contributed by atoms with Crippen molar-refractivity contribution in [1.82, 2.24) is 0 Å². The lowest BCUT2D eigenvalue weighted by molar-refractivity contribution is -0.111. The smallest absolute Gasteiger partial charge is 0.247 e. The summed E-state index contributed by atoms with van der Waals surface area (Å²) in [4.78, 5) is 10.8. The van der Waals surface area contributed by atoms with Gasteiger partial charge in [0, 0.05) is 6.07 Å². The monoisotopic (exact) mass is 179 g/mol. The zero-order chi connectivity index (χ0) is 9.84. The summed E-state index contributed by atoms with van der Waals surface area (Å²) in [6, 6.07) is 3.89. The van der Waals surface area contributed by atoms with E-state index in [1.54, 1.807) is 0 Å². The van der Waals surface area contributed by atoms with Gasteiger partial charge in [-0.3, -0.25) is 4.79 Å². The Bertz CT molecular complexity index is 347. The molecule has 0 unspecified atom stereocenters. The fraction of sp³-hybridized carbons (Fsp3) is 0. The first-order chi connectivity index (χ1) is 6.13. The van der Waals surface area contributed by atoms with Gasteiger partial charge in [0.1, 0.15) is 11.5 Å². The average Bonchev–Trinajstić information content (AvgIpc) is 2.09. The Morgan fingerprint density at radius 1 is 1.46 bits per heavy atom. The average molecular weight is 179 g/mol. The maximum Gasteiger partial charge on any atom is 0.247 e. The van der Waals surface area contributed by atoms with E-state index in [-0.39, 0.29) is 17.2 Å². The summed E-state index contributed by atoms with van der Waals surface area (Å²) in [7, 11) is 0. The lowest BCUT2D eigenvalue weighted by Gasteiger charge is -2.04. The van der Waals surface area contributed by atoms with Crippen LogP contribution in [0.2, 0.25) is 0 Å². The highest BCUT2D eigenvalue weighted by Crippen LogP contribution is 2.26. The van der Waals surface area contributed by atoms with Crippen molar-refractivity contribution in [2.45, 2.75) is 0 Å². The lowest BCUT2D eigenvalue weighted by Crippen LogP contribution is -2.07. The molecule has 3 N–H and O–H groups in total. The Kier molecular flexibility index (Phi) is 2.54. The molecule has 0 heterocycles. The van der Waals surface area contributed by atoms with Gasteiger partial charge in [0.15, 0.2) is 0 Å². The van der Waals surface area contributed by atoms with Gasteiger partial charge in [0.25, 0.3) is 0 Å². The first-order valence-electron chi connectivity index (χ1n) is 3.59. The molecule has 0 aromatic heterocycles. The van der Waals surface area contributed by atoms with Crippen LogP contribution >= 0.6 is 0 Å². The minimum atomic E-state index is -0.416. The van der Waals surface area contributed by atoms with E-state index in [9.17, 15) is 9.90 Å². The minimum absolute atomic E-state index is 0.0610. The van der Waals surface area contributed by atoms with Gasteiger partial charge in [-0.1, -0.05) is 6.58 Å². The minimum Gasteiger partial charge on any atom is -0.508 e. The standard InChI is InChI=1S/C9H9NO3/c1-2-9(13)10-7-4-3-6(11)5-8(7)12/h2-5,11-12H,1H2,(H,10,13). The Balaban J connectivity index is 2.89. The predicted molar refractivity (Wildman–Crippen MR) is 48.6 cm³/mol. The lowest BCUT2D eigenvalue weighted by atomic mass is 10.2. The maximum absolute atomic E-state index is 10.8. The molecule has 0 fully saturated rings. The molecule has 1 amide bonds. The molecule has 0 saturated heterocycles. The van der Waals surface area contributed by atoms with Crippen molar-refractivity contribution in [2.24, 2.45) is 0 Å². The third-order valence-corrected chi connectivity index (χ3v) is 1.42. The maximum atomic E-state index is 10.8. The van der Waals surface area contributed by atoms with Crippen molar-refractivity contribution >= 4 is 11.6 Å². The second kappa shape index (κ2) is 3.62. The van der Waals surface area contributed by atoms with Crippen molar-refractivity contribution < 1.29 is 15.0 Å². The zero-order valence-corrected chi connectivity index (χ0v) is 6.82. The molecule has 0 spiro atoms. The zero-order valence-electron chi connectivity index (χ0n) is 6.82. The number of nitrogens with one attached hydrogen (secondary N) is 1. The molecule has 0 radical (unpaired) electrons. The largest absolute Gasteiger partial charge is 0.508 e. The first kappa shape index (κ1) is 9.12. The third kappa shape index (κ3) is 2.23. The molecule has 13 heavy (non-hydrogen) atoms. The molecule has 0 atom stereocenters. The summed E-state index contributed by atoms with van der Waals surface area (Å²) in [6.07, 6.45) is 1.09. The Morgan fingerprint density at radius 2 is 2.15 bits per heavy atom. The normalized spacial score (nSPS) is 9.23. The number of rotatable bonds is 2. The van der Waals surface area contributed by atoms with Crippen molar-refractivity contribution in [3.05, 3.63) is 30.9 Å². The molecule has 1 aromatic carbocycles. The topological polar surface area (TPSA) is 69.6 Å². The molecule has 1 rings (SSSR count). The Labute approximate surface area is 75.1 Å². The molecule has 0 aliphatic carbocycles. The molecular weight excluding hydrogens is 170 g/mol. The van der Waals surface area contributed by atoms with Crippen LogP contribution in [-0.4, -0.2) is 16.1 Å². The van der Waals surface area contributed by atoms with E-state index in [0.717, 1.165) is 12.1 Å². The number of aromatic hydroxyl groups is 2. The molecule has 0 aliphatic rings. The highest BCUT2D eigenvalue weighted by atomic mass is 16.3. The van der Waals surface area contributed by atoms with E-state index in [1.807, 2.05) is 0 Å². The van der Waals surface area contributed by atoms with Crippen LogP contribution in [-0.2, 0) is 4.79 Å². The second-order valence-corrected chi connectivity index (χ2v) is 2.39. The van der Waals surface area contributed by atoms with Crippen LogP contribution in [0.25, 0.3) is 0 Å². The molecule has 0 aliphatic heterocycles. The predicted octanol–water partition coefficient (Wildman–Crippen LogP) is 1.22. The van der Waals surface area contributed by atoms with Crippen molar-refractivity contribution in [1.29, 1.82) is 0 Å². The van der Waals surface area contributed by atoms with Gasteiger partial charge >= 0.3 is 0 Å². The van der Waals surface area contributed by atoms with E-state index in [0.29, 0.717) is 0 Å². The Hall–Kier alpha value is -1.97. The van der Waals surface area contributed by atoms with E-state index in [4.69, 9.17) is 5.11 Å². The summed E-state index contributed by atoms with van der Waals surface area (Å²) in [5, 5.41) is 20.5. The van der Waals surface area contributed by atoms with Gasteiger partial charge in [0.2, 0.25) is 5.91 Å². The number of carbonyl (C=O) groups is 1. The molecule has 68 valence electrons. The number of carbonyl (C=O) groups excluding carboxylic acids is 1. The number of hydrogen-bond donors (Lipinski definition) is 3. The van der Waals surface area contributed by atoms with E-state index in [2.05, 4.69) is 11.9 Å². The van der Waals surface area contributed by atoms with Crippen LogP contribution < -0.4 is 5.32 Å². The van der Waals surface area contributed by atoms with E-state index >= 15 is 0 Å². The first-order valence-corrected chi connectivity index (χ1v) is 3.59. The summed E-state index contributed by atoms with van der Waals surface area (Å²) >= 11 is 0. The third-order valence-electron chi connectivity index (χ3n) is 1.42. The number of anilines is 1. The van der Waals surface area contributed by atoms with Crippen molar-refractivity contribution in [3.8, 4) is 11.5 Å². The van der Waals surface area contributed by atoms with Gasteiger partial charge in [0.05, 0.1) is 5.69 Å². The molecule has 0 bridgehead atoms. The number of phenolic OH excluding ortho intramolecular Hbond substituents is 2. The highest BCUT2D eigenvalue weighted by Gasteiger charge is 2.03. The van der Waals surface area contributed by atoms with Crippen LogP contribution in [0.5, 0.6) is 11.5 Å². The van der Waals surface area contributed by atoms with Gasteiger partial charge in [-0.15, -0.1) is 0 Å². The molecular formula is C9H9NO3. The highest BCUT2D eigenvalue weighted by molar-refractivity contribution is 5.99. The fourth-order valence-electron chi connectivity index (χ4n) is 0.809. The molecule has 4 heteroatoms. The Morgan fingerprint density at radius 3 is 2.69 bits per heavy atom. The van der Waals surface area contributed by atoms with E-state index < -0.39 is 5.91 Å². The van der Waals surface area contributed by atoms with Crippen LogP contribution in [0.1, 0.15) is 0 Å². The summed E-state index contributed by atoms with van der Waals surface area (Å²) in [6.45, 7) is 3.26. The second-order valence-electron chi connectivity index (χ2n) is 2.39. The SMILES string of the molecule is C=CC(=O)Nc1ccc(O)cc1O. The molecule has 1 aromatic rings. The summed E-state index contributed by atoms with van der Waals surface area (Å²) in [5.41, 5.74) is 0.239. The fourth-order valence-corrected chi connectivity index (χ4v) is 0.809. The van der Waals surface area contributed by atoms with Crippen LogP contribution in [0.15, 0.2) is 30.9 Å². The van der Waals surface area contributed by atoms with Gasteiger partial charge in [-0.25, -0.2) is 0 Å². The van der Waals surface area contributed by atoms with Gasteiger partial charge in [-0.2, -0.15) is 0 Å². The number of hydrogen-bond acceptors (Lipinski definition) is 3. The number of phenols is 2. The van der Waals surface area contributed by atoms with Crippen LogP contribution in [0.3, 0.4) is 0 Å².